The fourth-order valence-electron chi connectivity index (χ4n) is 2.50. The highest BCUT2D eigenvalue weighted by atomic mass is 14.2. The van der Waals surface area contributed by atoms with Crippen molar-refractivity contribution in [3.8, 4) is 0 Å². The van der Waals surface area contributed by atoms with Gasteiger partial charge in [-0.05, 0) is 53.4 Å². The van der Waals surface area contributed by atoms with E-state index in [2.05, 4.69) is 60.6 Å². The average molecular weight is 232 g/mol. The van der Waals surface area contributed by atoms with E-state index in [1.54, 1.807) is 0 Å². The largest absolute Gasteiger partial charge is 0.0648 e. The van der Waals surface area contributed by atoms with Crippen molar-refractivity contribution < 1.29 is 0 Å². The Balaban J connectivity index is 3.36. The minimum Gasteiger partial charge on any atom is -0.0648 e. The van der Waals surface area contributed by atoms with Gasteiger partial charge in [-0.15, -0.1) is 0 Å². The summed E-state index contributed by atoms with van der Waals surface area (Å²) in [4.78, 5) is 0. The van der Waals surface area contributed by atoms with E-state index in [1.807, 2.05) is 0 Å². The SMILES string of the molecule is CCC(C)c1cc(C(C)C)c(C)c(C(C)C)c1. The van der Waals surface area contributed by atoms with E-state index in [4.69, 9.17) is 0 Å². The van der Waals surface area contributed by atoms with Crippen molar-refractivity contribution in [3.63, 3.8) is 0 Å². The molecule has 96 valence electrons. The van der Waals surface area contributed by atoms with Crippen LogP contribution in [0.15, 0.2) is 12.1 Å². The standard InChI is InChI=1S/C17H28/c1-8-13(6)15-9-16(11(2)3)14(7)17(10-15)12(4)5/h9-13H,8H2,1-7H3. The van der Waals surface area contributed by atoms with Gasteiger partial charge in [-0.25, -0.2) is 0 Å². The molecule has 0 saturated heterocycles. The molecule has 0 saturated carbocycles. The lowest BCUT2D eigenvalue weighted by atomic mass is 9.84. The van der Waals surface area contributed by atoms with Crippen molar-refractivity contribution in [2.45, 2.75) is 72.6 Å². The van der Waals surface area contributed by atoms with Crippen LogP contribution in [0.5, 0.6) is 0 Å². The lowest BCUT2D eigenvalue weighted by Crippen LogP contribution is -2.03. The van der Waals surface area contributed by atoms with E-state index in [-0.39, 0.29) is 0 Å². The van der Waals surface area contributed by atoms with Crippen molar-refractivity contribution in [1.82, 2.24) is 0 Å². The zero-order chi connectivity index (χ0) is 13.2. The van der Waals surface area contributed by atoms with E-state index in [0.717, 1.165) is 0 Å². The van der Waals surface area contributed by atoms with Crippen molar-refractivity contribution >= 4 is 0 Å². The summed E-state index contributed by atoms with van der Waals surface area (Å²) in [5.74, 6) is 1.92. The van der Waals surface area contributed by atoms with Crippen LogP contribution in [0.1, 0.15) is 88.0 Å². The zero-order valence-corrected chi connectivity index (χ0v) is 12.6. The molecule has 0 N–H and O–H groups in total. The smallest absolute Gasteiger partial charge is 0.0193 e. The maximum absolute atomic E-state index is 2.43. The van der Waals surface area contributed by atoms with Crippen molar-refractivity contribution in [2.75, 3.05) is 0 Å². The van der Waals surface area contributed by atoms with Gasteiger partial charge >= 0.3 is 0 Å². The Labute approximate surface area is 107 Å². The molecule has 1 unspecified atom stereocenters. The predicted molar refractivity (Wildman–Crippen MR) is 78.1 cm³/mol. The highest BCUT2D eigenvalue weighted by molar-refractivity contribution is 5.42. The van der Waals surface area contributed by atoms with E-state index < -0.39 is 0 Å². The molecule has 0 aromatic heterocycles. The Bertz CT molecular complexity index is 343. The molecule has 1 rings (SSSR count). The second kappa shape index (κ2) is 5.71. The van der Waals surface area contributed by atoms with Gasteiger partial charge < -0.3 is 0 Å². The van der Waals surface area contributed by atoms with Gasteiger partial charge in [0.15, 0.2) is 0 Å². The summed E-state index contributed by atoms with van der Waals surface area (Å²) >= 11 is 0. The Morgan fingerprint density at radius 2 is 1.29 bits per heavy atom. The third-order valence-electron chi connectivity index (χ3n) is 3.94. The minimum atomic E-state index is 0.622. The molecule has 0 amide bonds. The molecule has 1 aromatic carbocycles. The van der Waals surface area contributed by atoms with Crippen LogP contribution in [0, 0.1) is 6.92 Å². The summed E-state index contributed by atoms with van der Waals surface area (Å²) in [6, 6.07) is 4.86. The van der Waals surface area contributed by atoms with Gasteiger partial charge in [0.25, 0.3) is 0 Å². The van der Waals surface area contributed by atoms with Crippen LogP contribution in [0.2, 0.25) is 0 Å². The molecule has 0 radical (unpaired) electrons. The van der Waals surface area contributed by atoms with Crippen LogP contribution in [-0.4, -0.2) is 0 Å². The highest BCUT2D eigenvalue weighted by Crippen LogP contribution is 2.32. The summed E-state index contributed by atoms with van der Waals surface area (Å²) in [6.45, 7) is 16.1. The Morgan fingerprint density at radius 1 is 0.882 bits per heavy atom. The molecule has 1 atom stereocenters. The first kappa shape index (κ1) is 14.3. The Kier molecular flexibility index (Phi) is 4.80. The first-order chi connectivity index (χ1) is 7.88. The van der Waals surface area contributed by atoms with Gasteiger partial charge in [-0.2, -0.15) is 0 Å². The molecule has 0 aliphatic carbocycles. The lowest BCUT2D eigenvalue weighted by Gasteiger charge is -2.21. The van der Waals surface area contributed by atoms with Crippen LogP contribution < -0.4 is 0 Å². The topological polar surface area (TPSA) is 0 Å². The number of rotatable bonds is 4. The highest BCUT2D eigenvalue weighted by Gasteiger charge is 2.14. The summed E-state index contributed by atoms with van der Waals surface area (Å²) in [5, 5.41) is 0. The summed E-state index contributed by atoms with van der Waals surface area (Å²) in [7, 11) is 0. The summed E-state index contributed by atoms with van der Waals surface area (Å²) in [6.07, 6.45) is 1.22. The van der Waals surface area contributed by atoms with Crippen LogP contribution >= 0.6 is 0 Å². The summed E-state index contributed by atoms with van der Waals surface area (Å²) < 4.78 is 0. The van der Waals surface area contributed by atoms with Crippen LogP contribution in [0.3, 0.4) is 0 Å². The molecule has 17 heavy (non-hydrogen) atoms. The van der Waals surface area contributed by atoms with E-state index in [1.165, 1.54) is 28.7 Å². The van der Waals surface area contributed by atoms with Crippen LogP contribution in [0.25, 0.3) is 0 Å². The third-order valence-corrected chi connectivity index (χ3v) is 3.94. The lowest BCUT2D eigenvalue weighted by molar-refractivity contribution is 0.720. The molecular formula is C17H28. The molecule has 0 aliphatic heterocycles. The first-order valence-corrected chi connectivity index (χ1v) is 7.02. The van der Waals surface area contributed by atoms with E-state index in [9.17, 15) is 0 Å². The van der Waals surface area contributed by atoms with Crippen LogP contribution in [0.4, 0.5) is 0 Å². The van der Waals surface area contributed by atoms with Crippen molar-refractivity contribution in [3.05, 3.63) is 34.4 Å². The van der Waals surface area contributed by atoms with Gasteiger partial charge in [-0.1, -0.05) is 53.7 Å². The van der Waals surface area contributed by atoms with Gasteiger partial charge in [-0.3, -0.25) is 0 Å². The maximum Gasteiger partial charge on any atom is -0.0193 e. The van der Waals surface area contributed by atoms with Gasteiger partial charge in [0.2, 0.25) is 0 Å². The molecule has 0 nitrogen and oxygen atoms in total. The summed E-state index contributed by atoms with van der Waals surface area (Å²) in [5.41, 5.74) is 6.09. The maximum atomic E-state index is 2.43. The second-order valence-corrected chi connectivity index (χ2v) is 5.94. The third kappa shape index (κ3) is 3.12. The van der Waals surface area contributed by atoms with Crippen LogP contribution in [-0.2, 0) is 0 Å². The van der Waals surface area contributed by atoms with E-state index in [0.29, 0.717) is 17.8 Å². The van der Waals surface area contributed by atoms with Crippen molar-refractivity contribution in [1.29, 1.82) is 0 Å². The quantitative estimate of drug-likeness (QED) is 0.619. The zero-order valence-electron chi connectivity index (χ0n) is 12.6. The molecule has 0 bridgehead atoms. The average Bonchev–Trinajstić information content (AvgIpc) is 2.27. The predicted octanol–water partition coefficient (Wildman–Crippen LogP) is 5.76. The Hall–Kier alpha value is -0.780. The first-order valence-electron chi connectivity index (χ1n) is 7.02. The van der Waals surface area contributed by atoms with E-state index >= 15 is 0 Å². The molecule has 0 fully saturated rings. The normalized spacial score (nSPS) is 13.5. The molecule has 0 heterocycles. The number of hydrogen-bond donors (Lipinski definition) is 0. The Morgan fingerprint density at radius 3 is 1.59 bits per heavy atom. The van der Waals surface area contributed by atoms with Gasteiger partial charge in [0, 0.05) is 0 Å². The number of benzene rings is 1. The fourth-order valence-corrected chi connectivity index (χ4v) is 2.50. The fraction of sp³-hybridized carbons (Fsp3) is 0.647. The minimum absolute atomic E-state index is 0.622. The van der Waals surface area contributed by atoms with Gasteiger partial charge in [0.05, 0.1) is 0 Å². The number of hydrogen-bond acceptors (Lipinski definition) is 0. The van der Waals surface area contributed by atoms with Gasteiger partial charge in [0.1, 0.15) is 0 Å². The molecule has 0 spiro atoms. The monoisotopic (exact) mass is 232 g/mol. The molecule has 0 heteroatoms. The van der Waals surface area contributed by atoms with Crippen molar-refractivity contribution in [2.24, 2.45) is 0 Å². The second-order valence-electron chi connectivity index (χ2n) is 5.94. The molecule has 1 aromatic rings. The molecule has 0 aliphatic rings. The molecular weight excluding hydrogens is 204 g/mol.